The molecule has 3 aromatic heterocycles. The number of nitrogens with zero attached hydrogens (tertiary/aromatic N) is 4. The maximum atomic E-state index is 15.0. The van der Waals surface area contributed by atoms with Gasteiger partial charge in [-0.05, 0) is 48.1 Å². The molecule has 10 heteroatoms. The Morgan fingerprint density at radius 2 is 1.93 bits per heavy atom. The van der Waals surface area contributed by atoms with E-state index in [4.69, 9.17) is 9.84 Å². The van der Waals surface area contributed by atoms with E-state index >= 15 is 0 Å². The van der Waals surface area contributed by atoms with Crippen molar-refractivity contribution in [2.75, 3.05) is 18.1 Å². The maximum Gasteiger partial charge on any atom is 0.417 e. The Morgan fingerprint density at radius 1 is 1.10 bits per heavy atom. The van der Waals surface area contributed by atoms with Crippen LogP contribution in [0.1, 0.15) is 36.2 Å². The zero-order chi connectivity index (χ0) is 28.9. The van der Waals surface area contributed by atoms with Gasteiger partial charge in [-0.1, -0.05) is 38.1 Å². The number of aromatic nitrogens is 4. The van der Waals surface area contributed by atoms with Crippen LogP contribution in [0.3, 0.4) is 0 Å². The summed E-state index contributed by atoms with van der Waals surface area (Å²) in [5.74, 6) is -0.0935. The van der Waals surface area contributed by atoms with Crippen molar-refractivity contribution >= 4 is 16.7 Å². The number of pyridine rings is 1. The number of benzene rings is 2. The minimum atomic E-state index is -4.67. The number of aryl methyl sites for hydroxylation is 1. The van der Waals surface area contributed by atoms with Crippen molar-refractivity contribution in [2.45, 2.75) is 39.9 Å². The van der Waals surface area contributed by atoms with E-state index in [1.807, 2.05) is 60.3 Å². The summed E-state index contributed by atoms with van der Waals surface area (Å²) in [5, 5.41) is 6.11. The predicted molar refractivity (Wildman–Crippen MR) is 150 cm³/mol. The van der Waals surface area contributed by atoms with Gasteiger partial charge in [-0.25, -0.2) is 14.1 Å². The number of H-pyrrole nitrogens is 1. The van der Waals surface area contributed by atoms with Crippen LogP contribution < -0.4 is 9.64 Å². The van der Waals surface area contributed by atoms with E-state index < -0.39 is 17.6 Å². The third-order valence-corrected chi connectivity index (χ3v) is 7.30. The predicted octanol–water partition coefficient (Wildman–Crippen LogP) is 7.48. The smallest absolute Gasteiger partial charge is 0.417 e. The number of hydrogen-bond donors (Lipinski definition) is 1. The Morgan fingerprint density at radius 3 is 2.68 bits per heavy atom. The minimum absolute atomic E-state index is 0.112. The first kappa shape index (κ1) is 26.9. The van der Waals surface area contributed by atoms with Crippen LogP contribution in [-0.2, 0) is 19.1 Å². The first-order valence-electron chi connectivity index (χ1n) is 13.5. The summed E-state index contributed by atoms with van der Waals surface area (Å²) >= 11 is 0. The lowest BCUT2D eigenvalue weighted by Crippen LogP contribution is -2.32. The number of anilines is 1. The van der Waals surface area contributed by atoms with Crippen LogP contribution in [0, 0.1) is 18.7 Å². The summed E-state index contributed by atoms with van der Waals surface area (Å²) in [7, 11) is 0. The number of nitrogens with one attached hydrogen (secondary N) is 1. The van der Waals surface area contributed by atoms with Gasteiger partial charge < -0.3 is 14.6 Å². The summed E-state index contributed by atoms with van der Waals surface area (Å²) in [4.78, 5) is 8.83. The monoisotopic (exact) mass is 563 g/mol. The Bertz CT molecular complexity index is 1740. The van der Waals surface area contributed by atoms with Crippen molar-refractivity contribution in [3.05, 3.63) is 89.1 Å². The molecule has 0 unspecified atom stereocenters. The molecule has 1 aliphatic heterocycles. The highest BCUT2D eigenvalue weighted by Gasteiger charge is 2.34. The average Bonchev–Trinajstić information content (AvgIpc) is 3.55. The molecule has 212 valence electrons. The number of rotatable bonds is 6. The molecule has 2 aromatic carbocycles. The fourth-order valence-corrected chi connectivity index (χ4v) is 5.30. The molecule has 4 heterocycles. The van der Waals surface area contributed by atoms with Gasteiger partial charge in [0.05, 0.1) is 23.6 Å². The van der Waals surface area contributed by atoms with Crippen LogP contribution in [-0.4, -0.2) is 32.9 Å². The van der Waals surface area contributed by atoms with Crippen molar-refractivity contribution in [3.63, 3.8) is 0 Å². The van der Waals surface area contributed by atoms with Crippen molar-refractivity contribution in [2.24, 2.45) is 5.92 Å². The Labute approximate surface area is 234 Å². The molecule has 5 aromatic rings. The summed E-state index contributed by atoms with van der Waals surface area (Å²) in [6.07, 6.45) is -1.64. The summed E-state index contributed by atoms with van der Waals surface area (Å²) in [6, 6.07) is 14.5. The molecule has 1 N–H and O–H groups in total. The second-order valence-electron chi connectivity index (χ2n) is 10.8. The first-order chi connectivity index (χ1) is 19.6. The summed E-state index contributed by atoms with van der Waals surface area (Å²) < 4.78 is 62.6. The normalized spacial score (nSPS) is 13.7. The second kappa shape index (κ2) is 10.2. The van der Waals surface area contributed by atoms with Gasteiger partial charge in [0.15, 0.2) is 11.6 Å². The lowest BCUT2D eigenvalue weighted by Gasteiger charge is -2.28. The molecule has 0 aliphatic carbocycles. The van der Waals surface area contributed by atoms with Crippen LogP contribution in [0.4, 0.5) is 23.4 Å². The van der Waals surface area contributed by atoms with Crippen molar-refractivity contribution in [1.82, 2.24) is 19.7 Å². The van der Waals surface area contributed by atoms with Gasteiger partial charge in [0.25, 0.3) is 0 Å². The fourth-order valence-electron chi connectivity index (χ4n) is 5.30. The zero-order valence-electron chi connectivity index (χ0n) is 22.9. The molecule has 0 saturated carbocycles. The van der Waals surface area contributed by atoms with Gasteiger partial charge in [0, 0.05) is 48.5 Å². The zero-order valence-corrected chi connectivity index (χ0v) is 22.9. The maximum absolute atomic E-state index is 15.0. The molecule has 0 saturated heterocycles. The largest absolute Gasteiger partial charge is 0.491 e. The quantitative estimate of drug-likeness (QED) is 0.218. The Balaban J connectivity index is 1.50. The van der Waals surface area contributed by atoms with E-state index in [1.54, 1.807) is 4.90 Å². The number of aromatic amines is 1. The topological polar surface area (TPSA) is 59.0 Å². The van der Waals surface area contributed by atoms with E-state index in [9.17, 15) is 17.6 Å². The first-order valence-corrected chi connectivity index (χ1v) is 13.5. The molecule has 0 spiro atoms. The highest BCUT2D eigenvalue weighted by atomic mass is 19.4. The SMILES string of the molecule is Cc1cccc(OCC(C)C)c1-n1nc2c(c1-c1ccc3cc[nH]c3c1)CN(c1ncc(C(F)(F)F)cc1F)CC2. The number of halogens is 4. The molecule has 0 atom stereocenters. The molecule has 0 radical (unpaired) electrons. The highest BCUT2D eigenvalue weighted by molar-refractivity contribution is 5.85. The van der Waals surface area contributed by atoms with Crippen LogP contribution in [0.25, 0.3) is 27.8 Å². The van der Waals surface area contributed by atoms with Gasteiger partial charge in [-0.15, -0.1) is 0 Å². The van der Waals surface area contributed by atoms with Gasteiger partial charge in [-0.2, -0.15) is 18.3 Å². The highest BCUT2D eigenvalue weighted by Crippen LogP contribution is 2.39. The molecular formula is C31H29F4N5O. The number of para-hydroxylation sites is 1. The van der Waals surface area contributed by atoms with Crippen LogP contribution >= 0.6 is 0 Å². The van der Waals surface area contributed by atoms with Gasteiger partial charge in [0.1, 0.15) is 11.4 Å². The molecule has 6 rings (SSSR count). The second-order valence-corrected chi connectivity index (χ2v) is 10.8. The molecule has 0 amide bonds. The van der Waals surface area contributed by atoms with E-state index in [0.29, 0.717) is 43.5 Å². The average molecular weight is 564 g/mol. The molecular weight excluding hydrogens is 534 g/mol. The van der Waals surface area contributed by atoms with E-state index in [-0.39, 0.29) is 12.4 Å². The van der Waals surface area contributed by atoms with Crippen molar-refractivity contribution < 1.29 is 22.3 Å². The lowest BCUT2D eigenvalue weighted by molar-refractivity contribution is -0.138. The van der Waals surface area contributed by atoms with Gasteiger partial charge in [-0.3, -0.25) is 0 Å². The molecule has 41 heavy (non-hydrogen) atoms. The summed E-state index contributed by atoms with van der Waals surface area (Å²) in [5.41, 5.74) is 5.04. The Kier molecular flexibility index (Phi) is 6.71. The molecule has 0 bridgehead atoms. The number of fused-ring (bicyclic) bond motifs is 2. The van der Waals surface area contributed by atoms with E-state index in [2.05, 4.69) is 23.8 Å². The summed E-state index contributed by atoms with van der Waals surface area (Å²) in [6.45, 7) is 7.30. The molecule has 0 fully saturated rings. The number of ether oxygens (including phenoxy) is 1. The number of hydrogen-bond acceptors (Lipinski definition) is 4. The standard InChI is InChI=1S/C31H29F4N5O/c1-18(2)17-41-27-6-4-5-19(3)28(27)40-29(21-8-7-20-9-11-36-26(20)13-21)23-16-39(12-10-25(23)38-40)30-24(32)14-22(15-37-30)31(33,34)35/h4-9,11,13-15,18,36H,10,12,16-17H2,1-3H3. The minimum Gasteiger partial charge on any atom is -0.491 e. The van der Waals surface area contributed by atoms with E-state index in [1.165, 1.54) is 0 Å². The molecule has 6 nitrogen and oxygen atoms in total. The van der Waals surface area contributed by atoms with Crippen LogP contribution in [0.2, 0.25) is 0 Å². The third-order valence-electron chi connectivity index (χ3n) is 7.30. The van der Waals surface area contributed by atoms with Gasteiger partial charge >= 0.3 is 6.18 Å². The van der Waals surface area contributed by atoms with Crippen LogP contribution in [0.15, 0.2) is 60.9 Å². The Hall–Kier alpha value is -4.34. The van der Waals surface area contributed by atoms with Crippen LogP contribution in [0.5, 0.6) is 5.75 Å². The molecule has 1 aliphatic rings. The van der Waals surface area contributed by atoms with E-state index in [0.717, 1.165) is 44.7 Å². The fraction of sp³-hybridized carbons (Fsp3) is 0.290. The lowest BCUT2D eigenvalue weighted by atomic mass is 9.99. The van der Waals surface area contributed by atoms with Gasteiger partial charge in [0.2, 0.25) is 0 Å². The van der Waals surface area contributed by atoms with Crippen molar-refractivity contribution in [1.29, 1.82) is 0 Å². The number of alkyl halides is 3. The van der Waals surface area contributed by atoms with Crippen molar-refractivity contribution in [3.8, 4) is 22.7 Å². The third kappa shape index (κ3) is 5.03.